The summed E-state index contributed by atoms with van der Waals surface area (Å²) < 4.78 is 0.984. The molecule has 6 heteroatoms. The summed E-state index contributed by atoms with van der Waals surface area (Å²) in [4.78, 5) is 18.6. The third-order valence-corrected chi connectivity index (χ3v) is 3.20. The lowest BCUT2D eigenvalue weighted by molar-refractivity contribution is 1.14. The molecule has 14 heavy (non-hydrogen) atoms. The van der Waals surface area contributed by atoms with Gasteiger partial charge in [-0.15, -0.1) is 11.3 Å². The molecule has 72 valence electrons. The van der Waals surface area contributed by atoms with E-state index in [1.807, 2.05) is 12.1 Å². The Labute approximate surface area is 91.9 Å². The van der Waals surface area contributed by atoms with Crippen molar-refractivity contribution in [2.75, 3.05) is 5.73 Å². The number of nitrogens with zero attached hydrogens (tertiary/aromatic N) is 1. The number of hydrogen-bond donors (Lipinski definition) is 2. The quantitative estimate of drug-likeness (QED) is 0.832. The number of rotatable bonds is 1. The fraction of sp³-hybridized carbons (Fsp3) is 0. The molecule has 0 amide bonds. The van der Waals surface area contributed by atoms with Gasteiger partial charge in [-0.3, -0.25) is 4.79 Å². The van der Waals surface area contributed by atoms with Crippen molar-refractivity contribution < 1.29 is 0 Å². The van der Waals surface area contributed by atoms with Gasteiger partial charge in [0.15, 0.2) is 5.82 Å². The predicted octanol–water partition coefficient (Wildman–Crippen LogP) is 1.84. The molecule has 0 radical (unpaired) electrons. The van der Waals surface area contributed by atoms with E-state index < -0.39 is 0 Å². The van der Waals surface area contributed by atoms with Crippen molar-refractivity contribution in [1.82, 2.24) is 9.97 Å². The summed E-state index contributed by atoms with van der Waals surface area (Å²) in [6.45, 7) is 0. The SMILES string of the molecule is Nc1cc(=O)[nH]c(-c2ccc(Br)s2)n1. The highest BCUT2D eigenvalue weighted by Gasteiger charge is 2.04. The van der Waals surface area contributed by atoms with Crippen LogP contribution in [0.2, 0.25) is 0 Å². The number of nitrogens with one attached hydrogen (secondary N) is 1. The van der Waals surface area contributed by atoms with Crippen LogP contribution in [0.3, 0.4) is 0 Å². The topological polar surface area (TPSA) is 71.8 Å². The molecule has 0 saturated heterocycles. The molecular formula is C8H6BrN3OS. The molecule has 0 saturated carbocycles. The fourth-order valence-electron chi connectivity index (χ4n) is 1.03. The standard InChI is InChI=1S/C8H6BrN3OS/c9-5-2-1-4(14-5)8-11-6(10)3-7(13)12-8/h1-3H,(H3,10,11,12,13). The first kappa shape index (κ1) is 9.42. The van der Waals surface area contributed by atoms with E-state index in [0.29, 0.717) is 5.82 Å². The van der Waals surface area contributed by atoms with Crippen LogP contribution in [0.5, 0.6) is 0 Å². The Bertz CT molecular complexity index is 519. The Balaban J connectivity index is 2.56. The second-order valence-corrected chi connectivity index (χ2v) is 5.09. The molecule has 0 fully saturated rings. The van der Waals surface area contributed by atoms with Gasteiger partial charge in [0.25, 0.3) is 5.56 Å². The summed E-state index contributed by atoms with van der Waals surface area (Å²) >= 11 is 4.82. The Hall–Kier alpha value is -1.14. The van der Waals surface area contributed by atoms with Crippen molar-refractivity contribution in [2.45, 2.75) is 0 Å². The van der Waals surface area contributed by atoms with Crippen LogP contribution in [-0.4, -0.2) is 9.97 Å². The first-order valence-electron chi connectivity index (χ1n) is 3.78. The summed E-state index contributed by atoms with van der Waals surface area (Å²) in [5.74, 6) is 0.735. The Kier molecular flexibility index (Phi) is 2.39. The highest BCUT2D eigenvalue weighted by molar-refractivity contribution is 9.11. The molecule has 2 aromatic rings. The highest BCUT2D eigenvalue weighted by atomic mass is 79.9. The van der Waals surface area contributed by atoms with E-state index >= 15 is 0 Å². The van der Waals surface area contributed by atoms with E-state index in [9.17, 15) is 4.79 Å². The lowest BCUT2D eigenvalue weighted by Gasteiger charge is -1.96. The number of nitrogen functional groups attached to an aromatic ring is 1. The lowest BCUT2D eigenvalue weighted by Crippen LogP contribution is -2.09. The van der Waals surface area contributed by atoms with Gasteiger partial charge in [-0.25, -0.2) is 4.98 Å². The molecule has 2 aromatic heterocycles. The van der Waals surface area contributed by atoms with Crippen molar-refractivity contribution in [3.63, 3.8) is 0 Å². The molecule has 0 spiro atoms. The third kappa shape index (κ3) is 1.85. The van der Waals surface area contributed by atoms with Gasteiger partial charge in [0.1, 0.15) is 5.82 Å². The third-order valence-electron chi connectivity index (χ3n) is 1.57. The maximum Gasteiger partial charge on any atom is 0.253 e. The summed E-state index contributed by atoms with van der Waals surface area (Å²) in [6, 6.07) is 5.02. The molecule has 0 aliphatic heterocycles. The number of H-pyrrole nitrogens is 1. The van der Waals surface area contributed by atoms with Gasteiger partial charge in [0, 0.05) is 6.07 Å². The first-order chi connectivity index (χ1) is 6.65. The van der Waals surface area contributed by atoms with Crippen molar-refractivity contribution in [3.05, 3.63) is 32.3 Å². The normalized spacial score (nSPS) is 10.4. The molecule has 2 rings (SSSR count). The molecule has 0 unspecified atom stereocenters. The molecule has 4 nitrogen and oxygen atoms in total. The van der Waals surface area contributed by atoms with Gasteiger partial charge in [0.2, 0.25) is 0 Å². The van der Waals surface area contributed by atoms with Crippen LogP contribution in [0.15, 0.2) is 26.8 Å². The lowest BCUT2D eigenvalue weighted by atomic mass is 10.4. The van der Waals surface area contributed by atoms with E-state index in [0.717, 1.165) is 8.66 Å². The zero-order chi connectivity index (χ0) is 10.1. The fourth-order valence-corrected chi connectivity index (χ4v) is 2.37. The maximum absolute atomic E-state index is 11.1. The molecule has 0 aliphatic rings. The molecule has 3 N–H and O–H groups in total. The zero-order valence-electron chi connectivity index (χ0n) is 6.95. The summed E-state index contributed by atoms with van der Waals surface area (Å²) in [5, 5.41) is 0. The van der Waals surface area contributed by atoms with Crippen molar-refractivity contribution in [1.29, 1.82) is 0 Å². The number of anilines is 1. The second-order valence-electron chi connectivity index (χ2n) is 2.62. The van der Waals surface area contributed by atoms with E-state index in [4.69, 9.17) is 5.73 Å². The van der Waals surface area contributed by atoms with E-state index in [-0.39, 0.29) is 11.4 Å². The average Bonchev–Trinajstić information content (AvgIpc) is 2.50. The van der Waals surface area contributed by atoms with Crippen molar-refractivity contribution in [2.24, 2.45) is 0 Å². The minimum Gasteiger partial charge on any atom is -0.383 e. The monoisotopic (exact) mass is 271 g/mol. The number of aromatic amines is 1. The van der Waals surface area contributed by atoms with Gasteiger partial charge < -0.3 is 10.7 Å². The van der Waals surface area contributed by atoms with Crippen LogP contribution < -0.4 is 11.3 Å². The largest absolute Gasteiger partial charge is 0.383 e. The van der Waals surface area contributed by atoms with E-state index in [1.165, 1.54) is 17.4 Å². The van der Waals surface area contributed by atoms with E-state index in [2.05, 4.69) is 25.9 Å². The summed E-state index contributed by atoms with van der Waals surface area (Å²) in [7, 11) is 0. The Morgan fingerprint density at radius 1 is 1.50 bits per heavy atom. The molecule has 2 heterocycles. The van der Waals surface area contributed by atoms with E-state index in [1.54, 1.807) is 0 Å². The predicted molar refractivity (Wildman–Crippen MR) is 60.3 cm³/mol. The smallest absolute Gasteiger partial charge is 0.253 e. The molecular weight excluding hydrogens is 266 g/mol. The molecule has 0 atom stereocenters. The molecule has 0 aliphatic carbocycles. The number of halogens is 1. The van der Waals surface area contributed by atoms with Gasteiger partial charge in [-0.05, 0) is 28.1 Å². The number of aromatic nitrogens is 2. The van der Waals surface area contributed by atoms with Crippen LogP contribution in [0.25, 0.3) is 10.7 Å². The van der Waals surface area contributed by atoms with Crippen LogP contribution in [0.1, 0.15) is 0 Å². The minimum absolute atomic E-state index is 0.230. The zero-order valence-corrected chi connectivity index (χ0v) is 9.35. The highest BCUT2D eigenvalue weighted by Crippen LogP contribution is 2.28. The maximum atomic E-state index is 11.1. The average molecular weight is 272 g/mol. The number of hydrogen-bond acceptors (Lipinski definition) is 4. The van der Waals surface area contributed by atoms with Crippen LogP contribution in [0.4, 0.5) is 5.82 Å². The van der Waals surface area contributed by atoms with Gasteiger partial charge >= 0.3 is 0 Å². The minimum atomic E-state index is -0.239. The van der Waals surface area contributed by atoms with Crippen molar-refractivity contribution in [3.8, 4) is 10.7 Å². The van der Waals surface area contributed by atoms with Gasteiger partial charge in [-0.1, -0.05) is 0 Å². The van der Waals surface area contributed by atoms with Crippen LogP contribution in [0, 0.1) is 0 Å². The summed E-state index contributed by atoms with van der Waals surface area (Å²) in [6.07, 6.45) is 0. The first-order valence-corrected chi connectivity index (χ1v) is 5.38. The second kappa shape index (κ2) is 3.55. The number of nitrogens with two attached hydrogens (primary N) is 1. The molecule has 0 bridgehead atoms. The Morgan fingerprint density at radius 3 is 2.86 bits per heavy atom. The van der Waals surface area contributed by atoms with Crippen LogP contribution in [-0.2, 0) is 0 Å². The molecule has 0 aromatic carbocycles. The van der Waals surface area contributed by atoms with Crippen LogP contribution >= 0.6 is 27.3 Å². The number of thiophene rings is 1. The summed E-state index contributed by atoms with van der Waals surface area (Å²) in [5.41, 5.74) is 5.23. The van der Waals surface area contributed by atoms with Crippen molar-refractivity contribution >= 4 is 33.1 Å². The van der Waals surface area contributed by atoms with Gasteiger partial charge in [-0.2, -0.15) is 0 Å². The van der Waals surface area contributed by atoms with Gasteiger partial charge in [0.05, 0.1) is 8.66 Å². The Morgan fingerprint density at radius 2 is 2.29 bits per heavy atom.